The standard InChI is InChI=1S/C24H27N3O2S/c28-23-18(4-3-15-27(23)19-11-13-25-14-12-19)16-17-7-9-20(10-8-17)29-24-26-21-5-1-2-6-22(21)30-24/h1-2,5-10,18-19,25H,3-4,11-16H2/t18-/m1/s1. The maximum atomic E-state index is 13.1. The van der Waals surface area contributed by atoms with Crippen molar-refractivity contribution in [2.24, 2.45) is 5.92 Å². The van der Waals surface area contributed by atoms with Gasteiger partial charge in [0.1, 0.15) is 5.75 Å². The summed E-state index contributed by atoms with van der Waals surface area (Å²) in [4.78, 5) is 19.8. The average molecular weight is 422 g/mol. The number of aromatic nitrogens is 1. The molecule has 2 fully saturated rings. The van der Waals surface area contributed by atoms with E-state index in [0.717, 1.165) is 67.7 Å². The second-order valence-corrected chi connectivity index (χ2v) is 9.24. The van der Waals surface area contributed by atoms with Crippen molar-refractivity contribution in [2.75, 3.05) is 19.6 Å². The molecule has 2 saturated heterocycles. The van der Waals surface area contributed by atoms with E-state index in [1.165, 1.54) is 5.56 Å². The number of hydrogen-bond acceptors (Lipinski definition) is 5. The lowest BCUT2D eigenvalue weighted by Crippen LogP contribution is -2.51. The normalized spacial score (nSPS) is 20.6. The predicted octanol–water partition coefficient (Wildman–Crippen LogP) is 4.62. The fourth-order valence-corrected chi connectivity index (χ4v) is 5.45. The van der Waals surface area contributed by atoms with E-state index in [4.69, 9.17) is 4.74 Å². The van der Waals surface area contributed by atoms with Gasteiger partial charge in [-0.3, -0.25) is 4.79 Å². The molecule has 3 aromatic rings. The Morgan fingerprint density at radius 1 is 1.07 bits per heavy atom. The first-order chi connectivity index (χ1) is 14.8. The number of para-hydroxylation sites is 1. The molecule has 0 unspecified atom stereocenters. The molecule has 1 aromatic heterocycles. The minimum atomic E-state index is 0.102. The zero-order valence-electron chi connectivity index (χ0n) is 17.0. The fraction of sp³-hybridized carbons (Fsp3) is 0.417. The largest absolute Gasteiger partial charge is 0.431 e. The minimum Gasteiger partial charge on any atom is -0.431 e. The fourth-order valence-electron chi connectivity index (χ4n) is 4.62. The van der Waals surface area contributed by atoms with Crippen LogP contribution in [0.5, 0.6) is 10.9 Å². The summed E-state index contributed by atoms with van der Waals surface area (Å²) in [5.41, 5.74) is 2.15. The number of likely N-dealkylation sites (tertiary alicyclic amines) is 1. The van der Waals surface area contributed by atoms with E-state index >= 15 is 0 Å². The third kappa shape index (κ3) is 4.20. The monoisotopic (exact) mass is 421 g/mol. The highest BCUT2D eigenvalue weighted by molar-refractivity contribution is 7.20. The molecule has 5 nitrogen and oxygen atoms in total. The smallest absolute Gasteiger partial charge is 0.279 e. The molecule has 1 amide bonds. The molecule has 0 radical (unpaired) electrons. The molecule has 0 bridgehead atoms. The van der Waals surface area contributed by atoms with Gasteiger partial charge in [-0.05, 0) is 75.0 Å². The molecular formula is C24H27N3O2S. The summed E-state index contributed by atoms with van der Waals surface area (Å²) >= 11 is 1.55. The van der Waals surface area contributed by atoms with Gasteiger partial charge in [0.2, 0.25) is 5.91 Å². The van der Waals surface area contributed by atoms with Crippen molar-refractivity contribution in [3.63, 3.8) is 0 Å². The van der Waals surface area contributed by atoms with E-state index in [2.05, 4.69) is 33.4 Å². The highest BCUT2D eigenvalue weighted by Gasteiger charge is 2.33. The first-order valence-electron chi connectivity index (χ1n) is 10.9. The second kappa shape index (κ2) is 8.74. The van der Waals surface area contributed by atoms with E-state index in [-0.39, 0.29) is 5.92 Å². The van der Waals surface area contributed by atoms with Crippen molar-refractivity contribution >= 4 is 27.5 Å². The third-order valence-corrected chi connectivity index (χ3v) is 7.13. The van der Waals surface area contributed by atoms with Crippen molar-refractivity contribution in [2.45, 2.75) is 38.1 Å². The Bertz CT molecular complexity index is 978. The number of hydrogen-bond donors (Lipinski definition) is 1. The van der Waals surface area contributed by atoms with Crippen LogP contribution in [0.25, 0.3) is 10.2 Å². The molecule has 2 aliphatic rings. The van der Waals surface area contributed by atoms with Crippen LogP contribution in [0, 0.1) is 5.92 Å². The molecule has 6 heteroatoms. The lowest BCUT2D eigenvalue weighted by atomic mass is 9.88. The lowest BCUT2D eigenvalue weighted by Gasteiger charge is -2.40. The van der Waals surface area contributed by atoms with E-state index in [1.54, 1.807) is 11.3 Å². The molecule has 30 heavy (non-hydrogen) atoms. The second-order valence-electron chi connectivity index (χ2n) is 8.25. The Labute approximate surface area is 181 Å². The van der Waals surface area contributed by atoms with Gasteiger partial charge >= 0.3 is 0 Å². The highest BCUT2D eigenvalue weighted by Crippen LogP contribution is 2.32. The van der Waals surface area contributed by atoms with Crippen LogP contribution in [0.15, 0.2) is 48.5 Å². The number of nitrogens with one attached hydrogen (secondary N) is 1. The Morgan fingerprint density at radius 3 is 2.67 bits per heavy atom. The number of carbonyl (C=O) groups excluding carboxylic acids is 1. The first-order valence-corrected chi connectivity index (χ1v) is 11.7. The number of benzene rings is 2. The predicted molar refractivity (Wildman–Crippen MR) is 120 cm³/mol. The molecule has 0 spiro atoms. The van der Waals surface area contributed by atoms with Gasteiger partial charge in [-0.2, -0.15) is 0 Å². The lowest BCUT2D eigenvalue weighted by molar-refractivity contribution is -0.141. The molecule has 1 atom stereocenters. The molecule has 0 aliphatic carbocycles. The topological polar surface area (TPSA) is 54.5 Å². The van der Waals surface area contributed by atoms with Crippen LogP contribution in [0.1, 0.15) is 31.2 Å². The minimum absolute atomic E-state index is 0.102. The van der Waals surface area contributed by atoms with E-state index in [0.29, 0.717) is 17.1 Å². The molecule has 5 rings (SSSR count). The number of ether oxygens (including phenoxy) is 1. The van der Waals surface area contributed by atoms with Crippen LogP contribution >= 0.6 is 11.3 Å². The number of rotatable bonds is 5. The van der Waals surface area contributed by atoms with Gasteiger partial charge in [-0.1, -0.05) is 35.6 Å². The highest BCUT2D eigenvalue weighted by atomic mass is 32.1. The summed E-state index contributed by atoms with van der Waals surface area (Å²) in [5, 5.41) is 4.05. The van der Waals surface area contributed by atoms with Gasteiger partial charge in [-0.15, -0.1) is 0 Å². The Kier molecular flexibility index (Phi) is 5.69. The molecular weight excluding hydrogens is 394 g/mol. The van der Waals surface area contributed by atoms with Crippen molar-refractivity contribution < 1.29 is 9.53 Å². The molecule has 2 aromatic carbocycles. The molecule has 3 heterocycles. The van der Waals surface area contributed by atoms with Crippen molar-refractivity contribution in [1.82, 2.24) is 15.2 Å². The van der Waals surface area contributed by atoms with Gasteiger partial charge in [-0.25, -0.2) is 4.98 Å². The number of fused-ring (bicyclic) bond motifs is 1. The van der Waals surface area contributed by atoms with Crippen molar-refractivity contribution in [1.29, 1.82) is 0 Å². The quantitative estimate of drug-likeness (QED) is 0.653. The molecule has 0 saturated carbocycles. The van der Waals surface area contributed by atoms with Crippen LogP contribution in [0.4, 0.5) is 0 Å². The van der Waals surface area contributed by atoms with Crippen LogP contribution < -0.4 is 10.1 Å². The zero-order valence-corrected chi connectivity index (χ0v) is 17.9. The Morgan fingerprint density at radius 2 is 1.87 bits per heavy atom. The summed E-state index contributed by atoms with van der Waals surface area (Å²) in [6.45, 7) is 2.97. The summed E-state index contributed by atoms with van der Waals surface area (Å²) in [5.74, 6) is 1.23. The maximum Gasteiger partial charge on any atom is 0.279 e. The van der Waals surface area contributed by atoms with E-state index < -0.39 is 0 Å². The summed E-state index contributed by atoms with van der Waals surface area (Å²) in [6, 6.07) is 16.6. The van der Waals surface area contributed by atoms with E-state index in [1.807, 2.05) is 30.3 Å². The van der Waals surface area contributed by atoms with Crippen molar-refractivity contribution in [3.8, 4) is 10.9 Å². The number of amides is 1. The van der Waals surface area contributed by atoms with Gasteiger partial charge < -0.3 is 15.0 Å². The van der Waals surface area contributed by atoms with Crippen LogP contribution in [-0.4, -0.2) is 41.5 Å². The SMILES string of the molecule is O=C1[C@@H](Cc2ccc(Oc3nc4ccccc4s3)cc2)CCCN1C1CCNCC1. The Balaban J connectivity index is 1.22. The van der Waals surface area contributed by atoms with Gasteiger partial charge in [0.25, 0.3) is 5.19 Å². The van der Waals surface area contributed by atoms with Crippen LogP contribution in [0.3, 0.4) is 0 Å². The van der Waals surface area contributed by atoms with Gasteiger partial charge in [0.15, 0.2) is 0 Å². The maximum absolute atomic E-state index is 13.1. The van der Waals surface area contributed by atoms with Crippen LogP contribution in [0.2, 0.25) is 0 Å². The molecule has 2 aliphatic heterocycles. The number of piperidine rings is 2. The summed E-state index contributed by atoms with van der Waals surface area (Å²) < 4.78 is 7.08. The Hall–Kier alpha value is -2.44. The van der Waals surface area contributed by atoms with Gasteiger partial charge in [0, 0.05) is 18.5 Å². The number of nitrogens with zero attached hydrogens (tertiary/aromatic N) is 2. The van der Waals surface area contributed by atoms with Gasteiger partial charge in [0.05, 0.1) is 10.2 Å². The van der Waals surface area contributed by atoms with Crippen LogP contribution in [-0.2, 0) is 11.2 Å². The zero-order chi connectivity index (χ0) is 20.3. The molecule has 156 valence electrons. The van der Waals surface area contributed by atoms with E-state index in [9.17, 15) is 4.79 Å². The average Bonchev–Trinajstić information content (AvgIpc) is 3.19. The number of carbonyl (C=O) groups is 1. The third-order valence-electron chi connectivity index (χ3n) is 6.22. The first kappa shape index (κ1) is 19.5. The number of thiazole rings is 1. The summed E-state index contributed by atoms with van der Waals surface area (Å²) in [6.07, 6.45) is 5.07. The summed E-state index contributed by atoms with van der Waals surface area (Å²) in [7, 11) is 0. The molecule has 1 N–H and O–H groups in total. The van der Waals surface area contributed by atoms with Crippen molar-refractivity contribution in [3.05, 3.63) is 54.1 Å².